The third-order valence-electron chi connectivity index (χ3n) is 5.82. The minimum Gasteiger partial charge on any atom is -0.351 e. The molecule has 1 amide bonds. The van der Waals surface area contributed by atoms with Gasteiger partial charge < -0.3 is 20.1 Å². The molecule has 0 spiro atoms. The molecule has 2 aromatic heterocycles. The zero-order valence-corrected chi connectivity index (χ0v) is 21.0. The van der Waals surface area contributed by atoms with E-state index in [1.165, 1.54) is 6.92 Å². The van der Waals surface area contributed by atoms with E-state index in [0.717, 1.165) is 22.8 Å². The Labute approximate surface area is 218 Å². The van der Waals surface area contributed by atoms with Crippen molar-refractivity contribution in [2.45, 2.75) is 19.0 Å². The normalized spacial score (nSPS) is 17.3. The Balaban J connectivity index is 1.63. The Hall–Kier alpha value is -3.39. The summed E-state index contributed by atoms with van der Waals surface area (Å²) in [5.41, 5.74) is 4.26. The second-order valence-corrected chi connectivity index (χ2v) is 9.35. The molecule has 0 saturated carbocycles. The minimum atomic E-state index is -0.231. The summed E-state index contributed by atoms with van der Waals surface area (Å²) in [6.07, 6.45) is 3.75. The number of hydrogen-bond donors (Lipinski definition) is 2. The first-order chi connectivity index (χ1) is 16.9. The third kappa shape index (κ3) is 4.62. The molecular weight excluding hydrogens is 501 g/mol. The lowest BCUT2D eigenvalue weighted by atomic mass is 10.0. The number of pyridine rings is 1. The van der Waals surface area contributed by atoms with E-state index in [2.05, 4.69) is 26.6 Å². The largest absolute Gasteiger partial charge is 0.351 e. The summed E-state index contributed by atoms with van der Waals surface area (Å²) in [6.45, 7) is 1.48. The smallest absolute Gasteiger partial charge is 0.221 e. The van der Waals surface area contributed by atoms with Crippen LogP contribution in [0.5, 0.6) is 0 Å². The van der Waals surface area contributed by atoms with Gasteiger partial charge in [0.1, 0.15) is 6.04 Å². The molecule has 35 heavy (non-hydrogen) atoms. The number of aromatic nitrogens is 2. The van der Waals surface area contributed by atoms with E-state index >= 15 is 0 Å². The Morgan fingerprint density at radius 3 is 2.54 bits per heavy atom. The van der Waals surface area contributed by atoms with Crippen LogP contribution in [0.2, 0.25) is 10.0 Å². The van der Waals surface area contributed by atoms with Gasteiger partial charge in [0, 0.05) is 41.4 Å². The number of hydrogen-bond acceptors (Lipinski definition) is 3. The summed E-state index contributed by atoms with van der Waals surface area (Å²) in [4.78, 5) is 18.1. The summed E-state index contributed by atoms with van der Waals surface area (Å²) in [7, 11) is 0. The van der Waals surface area contributed by atoms with Gasteiger partial charge in [-0.2, -0.15) is 0 Å². The lowest BCUT2D eigenvalue weighted by Gasteiger charge is -2.29. The fourth-order valence-corrected chi connectivity index (χ4v) is 5.22. The van der Waals surface area contributed by atoms with Crippen LogP contribution in [0.4, 0.5) is 11.4 Å². The predicted molar refractivity (Wildman–Crippen MR) is 144 cm³/mol. The standard InChI is InChI=1S/C26H21Cl2N5OS/c1-16(34)30-18-8-10-19(11-9-18)33-25(24(31-26(33)35)21-5-2-3-13-29-21)23-6-4-14-32(23)22-12-7-17(27)15-20(22)28/h2-15,24-25H,1H3,(H,30,34)(H,31,35)/t24-,25-/m0/s1. The highest BCUT2D eigenvalue weighted by Crippen LogP contribution is 2.43. The lowest BCUT2D eigenvalue weighted by Crippen LogP contribution is -2.30. The summed E-state index contributed by atoms with van der Waals surface area (Å²) in [5.74, 6) is -0.123. The van der Waals surface area contributed by atoms with Crippen LogP contribution >= 0.6 is 35.4 Å². The fraction of sp³-hybridized carbons (Fsp3) is 0.115. The molecule has 1 aliphatic heterocycles. The van der Waals surface area contributed by atoms with E-state index in [4.69, 9.17) is 35.4 Å². The van der Waals surface area contributed by atoms with Crippen LogP contribution in [0.15, 0.2) is 85.2 Å². The number of carbonyl (C=O) groups excluding carboxylic acids is 1. The van der Waals surface area contributed by atoms with Crippen molar-refractivity contribution in [2.75, 3.05) is 10.2 Å². The number of nitrogens with zero attached hydrogens (tertiary/aromatic N) is 3. The van der Waals surface area contributed by atoms with Crippen LogP contribution in [-0.2, 0) is 4.79 Å². The average Bonchev–Trinajstić information content (AvgIpc) is 3.44. The molecule has 1 fully saturated rings. The topological polar surface area (TPSA) is 62.2 Å². The SMILES string of the molecule is CC(=O)Nc1ccc(N2C(=S)N[C@@H](c3ccccn3)[C@@H]2c2cccn2-c2ccc(Cl)cc2Cl)cc1. The Morgan fingerprint density at radius 1 is 1.06 bits per heavy atom. The number of benzene rings is 2. The van der Waals surface area contributed by atoms with Crippen molar-refractivity contribution in [3.63, 3.8) is 0 Å². The van der Waals surface area contributed by atoms with E-state index in [1.807, 2.05) is 71.4 Å². The molecule has 1 aliphatic rings. The summed E-state index contributed by atoms with van der Waals surface area (Å²) >= 11 is 18.6. The van der Waals surface area contributed by atoms with Gasteiger partial charge in [-0.3, -0.25) is 9.78 Å². The van der Waals surface area contributed by atoms with Crippen molar-refractivity contribution in [3.8, 4) is 5.69 Å². The first kappa shape index (κ1) is 23.4. The first-order valence-corrected chi connectivity index (χ1v) is 12.1. The van der Waals surface area contributed by atoms with E-state index in [9.17, 15) is 4.79 Å². The lowest BCUT2D eigenvalue weighted by molar-refractivity contribution is -0.114. The van der Waals surface area contributed by atoms with Crippen LogP contribution in [0, 0.1) is 0 Å². The number of rotatable bonds is 5. The van der Waals surface area contributed by atoms with Crippen molar-refractivity contribution < 1.29 is 4.79 Å². The molecule has 176 valence electrons. The van der Waals surface area contributed by atoms with Crippen LogP contribution in [0.25, 0.3) is 5.69 Å². The van der Waals surface area contributed by atoms with Gasteiger partial charge in [-0.1, -0.05) is 29.3 Å². The van der Waals surface area contributed by atoms with E-state index in [0.29, 0.717) is 20.8 Å². The Bertz CT molecular complexity index is 1390. The van der Waals surface area contributed by atoms with Gasteiger partial charge in [-0.15, -0.1) is 0 Å². The molecule has 0 unspecified atom stereocenters. The molecule has 0 radical (unpaired) electrons. The van der Waals surface area contributed by atoms with E-state index in [-0.39, 0.29) is 18.0 Å². The highest BCUT2D eigenvalue weighted by Gasteiger charge is 2.42. The van der Waals surface area contributed by atoms with Crippen LogP contribution < -0.4 is 15.5 Å². The number of amides is 1. The average molecular weight is 522 g/mol. The summed E-state index contributed by atoms with van der Waals surface area (Å²) < 4.78 is 2.05. The molecule has 0 bridgehead atoms. The molecule has 4 aromatic rings. The molecule has 6 nitrogen and oxygen atoms in total. The van der Waals surface area contributed by atoms with Crippen molar-refractivity contribution in [1.29, 1.82) is 0 Å². The van der Waals surface area contributed by atoms with Crippen LogP contribution in [0.1, 0.15) is 30.4 Å². The quantitative estimate of drug-likeness (QED) is 0.301. The third-order valence-corrected chi connectivity index (χ3v) is 6.67. The maximum atomic E-state index is 11.5. The van der Waals surface area contributed by atoms with Crippen molar-refractivity contribution in [3.05, 3.63) is 107 Å². The van der Waals surface area contributed by atoms with Gasteiger partial charge in [0.25, 0.3) is 0 Å². The molecule has 9 heteroatoms. The molecule has 3 heterocycles. The maximum Gasteiger partial charge on any atom is 0.221 e. The molecule has 5 rings (SSSR count). The fourth-order valence-electron chi connectivity index (χ4n) is 4.37. The van der Waals surface area contributed by atoms with Gasteiger partial charge in [0.05, 0.1) is 22.4 Å². The van der Waals surface area contributed by atoms with Gasteiger partial charge in [0.15, 0.2) is 5.11 Å². The van der Waals surface area contributed by atoms with Crippen LogP contribution in [-0.4, -0.2) is 20.6 Å². The number of nitrogens with one attached hydrogen (secondary N) is 2. The van der Waals surface area contributed by atoms with Gasteiger partial charge in [-0.25, -0.2) is 0 Å². The number of thiocarbonyl (C=S) groups is 1. The molecule has 2 atom stereocenters. The number of halogens is 2. The highest BCUT2D eigenvalue weighted by atomic mass is 35.5. The van der Waals surface area contributed by atoms with Gasteiger partial charge in [0.2, 0.25) is 5.91 Å². The van der Waals surface area contributed by atoms with E-state index in [1.54, 1.807) is 12.3 Å². The second kappa shape index (κ2) is 9.70. The molecule has 1 saturated heterocycles. The predicted octanol–water partition coefficient (Wildman–Crippen LogP) is 6.31. The zero-order valence-electron chi connectivity index (χ0n) is 18.7. The minimum absolute atomic E-state index is 0.123. The van der Waals surface area contributed by atoms with Crippen LogP contribution in [0.3, 0.4) is 0 Å². The van der Waals surface area contributed by atoms with E-state index < -0.39 is 0 Å². The summed E-state index contributed by atoms with van der Waals surface area (Å²) in [6, 6.07) is 22.5. The van der Waals surface area contributed by atoms with Crippen molar-refractivity contribution >= 4 is 57.8 Å². The second-order valence-electron chi connectivity index (χ2n) is 8.12. The number of anilines is 2. The highest BCUT2D eigenvalue weighted by molar-refractivity contribution is 7.80. The number of carbonyl (C=O) groups is 1. The maximum absolute atomic E-state index is 11.5. The molecule has 2 aromatic carbocycles. The molecule has 2 N–H and O–H groups in total. The molecular formula is C26H21Cl2N5OS. The monoisotopic (exact) mass is 521 g/mol. The van der Waals surface area contributed by atoms with Crippen molar-refractivity contribution in [1.82, 2.24) is 14.9 Å². The Morgan fingerprint density at radius 2 is 1.86 bits per heavy atom. The van der Waals surface area contributed by atoms with Gasteiger partial charge in [-0.05, 0) is 78.9 Å². The molecule has 0 aliphatic carbocycles. The zero-order chi connectivity index (χ0) is 24.5. The first-order valence-electron chi connectivity index (χ1n) is 10.9. The summed E-state index contributed by atoms with van der Waals surface area (Å²) in [5, 5.41) is 7.96. The Kier molecular flexibility index (Phi) is 6.47. The van der Waals surface area contributed by atoms with Gasteiger partial charge >= 0.3 is 0 Å². The van der Waals surface area contributed by atoms with Crippen molar-refractivity contribution in [2.24, 2.45) is 0 Å².